The van der Waals surface area contributed by atoms with E-state index in [1.807, 2.05) is 6.26 Å². The molecule has 0 aliphatic rings. The van der Waals surface area contributed by atoms with Crippen LogP contribution < -0.4 is 16.4 Å². The highest BCUT2D eigenvalue weighted by molar-refractivity contribution is 7.98. The number of nitrogens with one attached hydrogen (secondary N) is 2. The number of aliphatic carboxylic acids is 1. The molecule has 6 N–H and O–H groups in total. The van der Waals surface area contributed by atoms with Gasteiger partial charge < -0.3 is 26.6 Å². The molecule has 2 amide bonds. The van der Waals surface area contributed by atoms with Gasteiger partial charge in [0, 0.05) is 6.42 Å². The Labute approximate surface area is 156 Å². The molecule has 144 valence electrons. The lowest BCUT2D eigenvalue weighted by Crippen LogP contribution is -2.56. The summed E-state index contributed by atoms with van der Waals surface area (Å²) in [5.74, 6) is -1.87. The average Bonchev–Trinajstić information content (AvgIpc) is 2.63. The molecule has 26 heavy (non-hydrogen) atoms. The Hall–Kier alpha value is -2.10. The van der Waals surface area contributed by atoms with Crippen molar-refractivity contribution in [1.82, 2.24) is 10.6 Å². The van der Waals surface area contributed by atoms with Crippen molar-refractivity contribution in [3.63, 3.8) is 0 Å². The number of aliphatic hydroxyl groups is 1. The third-order valence-electron chi connectivity index (χ3n) is 3.68. The molecule has 0 aromatic heterocycles. The first-order valence-electron chi connectivity index (χ1n) is 8.11. The molecule has 0 spiro atoms. The van der Waals surface area contributed by atoms with Crippen LogP contribution in [0.5, 0.6) is 0 Å². The molecule has 0 heterocycles. The number of carboxylic acids is 1. The fourth-order valence-electron chi connectivity index (χ4n) is 2.17. The van der Waals surface area contributed by atoms with Gasteiger partial charge in [-0.25, -0.2) is 4.79 Å². The predicted molar refractivity (Wildman–Crippen MR) is 99.7 cm³/mol. The summed E-state index contributed by atoms with van der Waals surface area (Å²) in [5, 5.41) is 23.4. The Kier molecular flexibility index (Phi) is 9.71. The maximum Gasteiger partial charge on any atom is 0.326 e. The van der Waals surface area contributed by atoms with Crippen molar-refractivity contribution in [3.05, 3.63) is 35.9 Å². The Balaban J connectivity index is 2.67. The number of thioether (sulfide) groups is 1. The van der Waals surface area contributed by atoms with Gasteiger partial charge in [0.05, 0.1) is 12.6 Å². The number of rotatable bonds is 11. The third-order valence-corrected chi connectivity index (χ3v) is 4.33. The first kappa shape index (κ1) is 21.9. The number of carbonyl (C=O) groups is 3. The van der Waals surface area contributed by atoms with E-state index in [-0.39, 0.29) is 6.42 Å². The Morgan fingerprint density at radius 1 is 1.12 bits per heavy atom. The molecule has 0 bridgehead atoms. The van der Waals surface area contributed by atoms with E-state index in [0.29, 0.717) is 12.2 Å². The molecule has 0 saturated heterocycles. The van der Waals surface area contributed by atoms with Crippen molar-refractivity contribution in [2.75, 3.05) is 18.6 Å². The minimum Gasteiger partial charge on any atom is -0.480 e. The van der Waals surface area contributed by atoms with Gasteiger partial charge in [-0.1, -0.05) is 30.3 Å². The second kappa shape index (κ2) is 11.5. The number of carbonyl (C=O) groups excluding carboxylic acids is 2. The summed E-state index contributed by atoms with van der Waals surface area (Å²) in [4.78, 5) is 35.6. The number of carboxylic acid groups (broad SMARTS) is 1. The lowest BCUT2D eigenvalue weighted by Gasteiger charge is -2.21. The number of amides is 2. The van der Waals surface area contributed by atoms with Gasteiger partial charge in [-0.3, -0.25) is 9.59 Å². The fourth-order valence-corrected chi connectivity index (χ4v) is 2.66. The van der Waals surface area contributed by atoms with Crippen LogP contribution in [-0.4, -0.2) is 64.7 Å². The van der Waals surface area contributed by atoms with Crippen LogP contribution in [0.1, 0.15) is 12.0 Å². The van der Waals surface area contributed by atoms with Crippen LogP contribution in [-0.2, 0) is 20.8 Å². The molecule has 0 fully saturated rings. The summed E-state index contributed by atoms with van der Waals surface area (Å²) in [5.41, 5.74) is 6.46. The summed E-state index contributed by atoms with van der Waals surface area (Å²) >= 11 is 1.54. The zero-order valence-electron chi connectivity index (χ0n) is 14.6. The molecule has 3 atom stereocenters. The van der Waals surface area contributed by atoms with Crippen molar-refractivity contribution in [2.24, 2.45) is 5.73 Å². The summed E-state index contributed by atoms with van der Waals surface area (Å²) in [6.45, 7) is -0.662. The number of aliphatic hydroxyl groups excluding tert-OH is 1. The second-order valence-electron chi connectivity index (χ2n) is 5.72. The maximum absolute atomic E-state index is 12.3. The lowest BCUT2D eigenvalue weighted by molar-refractivity contribution is -0.142. The van der Waals surface area contributed by atoms with Crippen LogP contribution in [0, 0.1) is 0 Å². The Morgan fingerprint density at radius 3 is 2.27 bits per heavy atom. The summed E-state index contributed by atoms with van der Waals surface area (Å²) in [7, 11) is 0. The first-order chi connectivity index (χ1) is 12.4. The van der Waals surface area contributed by atoms with Gasteiger partial charge in [0.2, 0.25) is 11.8 Å². The van der Waals surface area contributed by atoms with E-state index in [1.54, 1.807) is 30.3 Å². The van der Waals surface area contributed by atoms with Gasteiger partial charge in [-0.2, -0.15) is 11.8 Å². The molecular weight excluding hydrogens is 358 g/mol. The van der Waals surface area contributed by atoms with E-state index in [0.717, 1.165) is 5.56 Å². The molecule has 9 heteroatoms. The van der Waals surface area contributed by atoms with Crippen LogP contribution in [0.15, 0.2) is 30.3 Å². The number of hydrogen-bond acceptors (Lipinski definition) is 6. The van der Waals surface area contributed by atoms with E-state index < -0.39 is 42.5 Å². The van der Waals surface area contributed by atoms with Gasteiger partial charge in [-0.05, 0) is 24.0 Å². The monoisotopic (exact) mass is 383 g/mol. The SMILES string of the molecule is CSCC[C@H](N)C(=O)N[C@@H](CO)C(=O)N[C@@H](Cc1ccccc1)C(=O)O. The van der Waals surface area contributed by atoms with E-state index >= 15 is 0 Å². The first-order valence-corrected chi connectivity index (χ1v) is 9.51. The topological polar surface area (TPSA) is 142 Å². The molecule has 1 aromatic carbocycles. The third kappa shape index (κ3) is 7.42. The fraction of sp³-hybridized carbons (Fsp3) is 0.471. The van der Waals surface area contributed by atoms with Crippen molar-refractivity contribution >= 4 is 29.5 Å². The quantitative estimate of drug-likeness (QED) is 0.342. The highest BCUT2D eigenvalue weighted by atomic mass is 32.2. The zero-order chi connectivity index (χ0) is 19.5. The van der Waals surface area contributed by atoms with E-state index in [2.05, 4.69) is 10.6 Å². The van der Waals surface area contributed by atoms with Crippen LogP contribution in [0.3, 0.4) is 0 Å². The van der Waals surface area contributed by atoms with Gasteiger partial charge >= 0.3 is 5.97 Å². The summed E-state index contributed by atoms with van der Waals surface area (Å²) in [6, 6.07) is 5.59. The van der Waals surface area contributed by atoms with Crippen LogP contribution in [0.2, 0.25) is 0 Å². The number of benzene rings is 1. The normalized spacial score (nSPS) is 14.1. The number of hydrogen-bond donors (Lipinski definition) is 5. The molecule has 0 radical (unpaired) electrons. The standard InChI is InChI=1S/C17H25N3O5S/c1-26-8-7-12(18)15(22)20-14(10-21)16(23)19-13(17(24)25)9-11-5-3-2-4-6-11/h2-6,12-14,21H,7-10,18H2,1H3,(H,19,23)(H,20,22)(H,24,25)/t12-,13-,14-/m0/s1. The molecule has 1 rings (SSSR count). The van der Waals surface area contributed by atoms with E-state index in [9.17, 15) is 24.6 Å². The van der Waals surface area contributed by atoms with Crippen molar-refractivity contribution < 1.29 is 24.6 Å². The smallest absolute Gasteiger partial charge is 0.326 e. The molecule has 8 nitrogen and oxygen atoms in total. The van der Waals surface area contributed by atoms with Gasteiger partial charge in [0.25, 0.3) is 0 Å². The van der Waals surface area contributed by atoms with E-state index in [1.165, 1.54) is 11.8 Å². The van der Waals surface area contributed by atoms with Crippen molar-refractivity contribution in [1.29, 1.82) is 0 Å². The molecule has 0 aliphatic carbocycles. The highest BCUT2D eigenvalue weighted by Gasteiger charge is 2.27. The van der Waals surface area contributed by atoms with E-state index in [4.69, 9.17) is 5.73 Å². The minimum atomic E-state index is -1.26. The van der Waals surface area contributed by atoms with Crippen LogP contribution in [0.25, 0.3) is 0 Å². The van der Waals surface area contributed by atoms with Gasteiger partial charge in [0.1, 0.15) is 12.1 Å². The Morgan fingerprint density at radius 2 is 1.73 bits per heavy atom. The largest absolute Gasteiger partial charge is 0.480 e. The molecule has 1 aromatic rings. The number of nitrogens with two attached hydrogens (primary N) is 1. The van der Waals surface area contributed by atoms with Gasteiger partial charge in [0.15, 0.2) is 0 Å². The van der Waals surface area contributed by atoms with Crippen molar-refractivity contribution in [3.8, 4) is 0 Å². The van der Waals surface area contributed by atoms with Crippen LogP contribution in [0.4, 0.5) is 0 Å². The van der Waals surface area contributed by atoms with Gasteiger partial charge in [-0.15, -0.1) is 0 Å². The average molecular weight is 383 g/mol. The highest BCUT2D eigenvalue weighted by Crippen LogP contribution is 2.04. The Bertz CT molecular complexity index is 599. The summed E-state index contributed by atoms with van der Waals surface area (Å²) in [6.07, 6.45) is 2.40. The minimum absolute atomic E-state index is 0.0846. The maximum atomic E-state index is 12.3. The summed E-state index contributed by atoms with van der Waals surface area (Å²) < 4.78 is 0. The van der Waals surface area contributed by atoms with Crippen LogP contribution >= 0.6 is 11.8 Å². The molecular formula is C17H25N3O5S. The lowest BCUT2D eigenvalue weighted by atomic mass is 10.1. The van der Waals surface area contributed by atoms with Crippen molar-refractivity contribution in [2.45, 2.75) is 31.0 Å². The predicted octanol–water partition coefficient (Wildman–Crippen LogP) is -0.644. The molecule has 0 unspecified atom stereocenters. The molecule has 0 saturated carbocycles. The second-order valence-corrected chi connectivity index (χ2v) is 6.71. The zero-order valence-corrected chi connectivity index (χ0v) is 15.4. The molecule has 0 aliphatic heterocycles.